The first kappa shape index (κ1) is 12.8. The van der Waals surface area contributed by atoms with Gasteiger partial charge >= 0.3 is 0 Å². The molecule has 0 aliphatic rings. The summed E-state index contributed by atoms with van der Waals surface area (Å²) in [5.74, 6) is -0.169. The van der Waals surface area contributed by atoms with E-state index >= 15 is 0 Å². The minimum Gasteiger partial charge on any atom is -0.305 e. The van der Waals surface area contributed by atoms with E-state index in [1.165, 1.54) is 0 Å². The fourth-order valence-electron chi connectivity index (χ4n) is 2.05. The molecule has 96 valence electrons. The Morgan fingerprint density at radius 2 is 2.17 bits per heavy atom. The van der Waals surface area contributed by atoms with Crippen LogP contribution >= 0.6 is 0 Å². The van der Waals surface area contributed by atoms with Crippen molar-refractivity contribution in [1.29, 1.82) is 0 Å². The molecule has 18 heavy (non-hydrogen) atoms. The summed E-state index contributed by atoms with van der Waals surface area (Å²) in [4.78, 5) is 0. The summed E-state index contributed by atoms with van der Waals surface area (Å²) in [5, 5.41) is 7.53. The van der Waals surface area contributed by atoms with Gasteiger partial charge in [0, 0.05) is 13.2 Å². The number of aromatic nitrogens is 2. The second-order valence-corrected chi connectivity index (χ2v) is 4.38. The van der Waals surface area contributed by atoms with E-state index in [0.29, 0.717) is 5.56 Å². The lowest BCUT2D eigenvalue weighted by Gasteiger charge is -2.19. The fourth-order valence-corrected chi connectivity index (χ4v) is 2.05. The molecule has 0 aliphatic carbocycles. The van der Waals surface area contributed by atoms with Gasteiger partial charge in [0.05, 0.1) is 11.7 Å². The van der Waals surface area contributed by atoms with E-state index in [1.54, 1.807) is 19.2 Å². The molecule has 0 spiro atoms. The highest BCUT2D eigenvalue weighted by Crippen LogP contribution is 2.23. The summed E-state index contributed by atoms with van der Waals surface area (Å²) in [6.07, 6.45) is 1.75. The molecule has 0 amide bonds. The average Bonchev–Trinajstić information content (AvgIpc) is 2.76. The van der Waals surface area contributed by atoms with Crippen LogP contribution in [0.2, 0.25) is 0 Å². The van der Waals surface area contributed by atoms with Gasteiger partial charge in [-0.25, -0.2) is 4.39 Å². The van der Waals surface area contributed by atoms with Gasteiger partial charge in [-0.2, -0.15) is 5.10 Å². The van der Waals surface area contributed by atoms with Crippen molar-refractivity contribution in [2.45, 2.75) is 19.9 Å². The van der Waals surface area contributed by atoms with E-state index in [2.05, 4.69) is 10.4 Å². The second kappa shape index (κ2) is 5.31. The van der Waals surface area contributed by atoms with Crippen LogP contribution in [0.3, 0.4) is 0 Å². The molecular formula is C14H18FN3. The Kier molecular flexibility index (Phi) is 3.77. The lowest BCUT2D eigenvalue weighted by Crippen LogP contribution is -2.24. The summed E-state index contributed by atoms with van der Waals surface area (Å²) in [6.45, 7) is 4.62. The Morgan fingerprint density at radius 1 is 1.39 bits per heavy atom. The molecule has 2 aromatic rings. The molecule has 1 aromatic heterocycles. The van der Waals surface area contributed by atoms with Crippen molar-refractivity contribution < 1.29 is 4.39 Å². The maximum atomic E-state index is 13.7. The average molecular weight is 247 g/mol. The number of aryl methyl sites for hydroxylation is 2. The number of hydrogen-bond acceptors (Lipinski definition) is 2. The number of rotatable bonds is 4. The number of benzene rings is 1. The summed E-state index contributed by atoms with van der Waals surface area (Å²) in [5.41, 5.74) is 2.61. The van der Waals surface area contributed by atoms with Gasteiger partial charge in [-0.15, -0.1) is 0 Å². The van der Waals surface area contributed by atoms with Crippen molar-refractivity contribution in [2.24, 2.45) is 7.05 Å². The zero-order valence-corrected chi connectivity index (χ0v) is 10.9. The highest BCUT2D eigenvalue weighted by molar-refractivity contribution is 5.31. The zero-order chi connectivity index (χ0) is 13.1. The van der Waals surface area contributed by atoms with Crippen molar-refractivity contribution in [2.75, 3.05) is 6.54 Å². The summed E-state index contributed by atoms with van der Waals surface area (Å²) in [6, 6.07) is 7.28. The van der Waals surface area contributed by atoms with Gasteiger partial charge in [-0.05, 0) is 36.7 Å². The number of nitrogens with one attached hydrogen (secondary N) is 1. The second-order valence-electron chi connectivity index (χ2n) is 4.38. The van der Waals surface area contributed by atoms with Crippen LogP contribution < -0.4 is 5.32 Å². The summed E-state index contributed by atoms with van der Waals surface area (Å²) < 4.78 is 15.5. The van der Waals surface area contributed by atoms with E-state index in [1.807, 2.05) is 36.9 Å². The third-order valence-corrected chi connectivity index (χ3v) is 3.09. The third kappa shape index (κ3) is 2.43. The largest absolute Gasteiger partial charge is 0.305 e. The molecule has 1 heterocycles. The molecule has 1 aromatic carbocycles. The first-order valence-electron chi connectivity index (χ1n) is 6.10. The first-order chi connectivity index (χ1) is 8.63. The predicted molar refractivity (Wildman–Crippen MR) is 69.9 cm³/mol. The molecule has 0 radical (unpaired) electrons. The Bertz CT molecular complexity index is 534. The van der Waals surface area contributed by atoms with Gasteiger partial charge in [0.25, 0.3) is 0 Å². The molecule has 4 heteroatoms. The van der Waals surface area contributed by atoms with Gasteiger partial charge in [-0.1, -0.05) is 19.1 Å². The quantitative estimate of drug-likeness (QED) is 0.900. The molecule has 2 rings (SSSR count). The maximum absolute atomic E-state index is 13.7. The van der Waals surface area contributed by atoms with Crippen molar-refractivity contribution >= 4 is 0 Å². The molecule has 0 fully saturated rings. The van der Waals surface area contributed by atoms with Crippen molar-refractivity contribution in [1.82, 2.24) is 15.1 Å². The lowest BCUT2D eigenvalue weighted by molar-refractivity contribution is 0.563. The van der Waals surface area contributed by atoms with E-state index in [9.17, 15) is 4.39 Å². The number of halogens is 1. The van der Waals surface area contributed by atoms with Gasteiger partial charge in [0.2, 0.25) is 0 Å². The van der Waals surface area contributed by atoms with E-state index in [4.69, 9.17) is 0 Å². The van der Waals surface area contributed by atoms with Gasteiger partial charge < -0.3 is 5.32 Å². The molecular weight excluding hydrogens is 229 g/mol. The minimum absolute atomic E-state index is 0.0300. The normalized spacial score (nSPS) is 12.7. The molecule has 1 N–H and O–H groups in total. The van der Waals surface area contributed by atoms with Crippen LogP contribution in [0.1, 0.15) is 29.8 Å². The van der Waals surface area contributed by atoms with Crippen LogP contribution in [0.5, 0.6) is 0 Å². The molecule has 0 bridgehead atoms. The highest BCUT2D eigenvalue weighted by Gasteiger charge is 2.17. The monoisotopic (exact) mass is 247 g/mol. The topological polar surface area (TPSA) is 29.9 Å². The zero-order valence-electron chi connectivity index (χ0n) is 10.9. The highest BCUT2D eigenvalue weighted by atomic mass is 19.1. The van der Waals surface area contributed by atoms with Crippen LogP contribution in [0.4, 0.5) is 4.39 Å². The third-order valence-electron chi connectivity index (χ3n) is 3.09. The van der Waals surface area contributed by atoms with Crippen molar-refractivity contribution in [3.8, 4) is 0 Å². The fraction of sp³-hybridized carbons (Fsp3) is 0.357. The molecule has 0 aliphatic heterocycles. The lowest BCUT2D eigenvalue weighted by atomic mass is 10.0. The van der Waals surface area contributed by atoms with E-state index < -0.39 is 0 Å². The molecule has 0 saturated heterocycles. The maximum Gasteiger partial charge on any atom is 0.126 e. The SMILES string of the molecule is CCNC(c1ccc(C)c(F)c1)c1ccnn1C. The van der Waals surface area contributed by atoms with E-state index in [-0.39, 0.29) is 11.9 Å². The van der Waals surface area contributed by atoms with Crippen LogP contribution in [0.15, 0.2) is 30.5 Å². The number of hydrogen-bond donors (Lipinski definition) is 1. The standard InChI is InChI=1S/C14H18FN3/c1-4-16-14(13-7-8-17-18(13)3)11-6-5-10(2)12(15)9-11/h5-9,14,16H,4H2,1-3H3. The van der Waals surface area contributed by atoms with Gasteiger partial charge in [0.15, 0.2) is 0 Å². The molecule has 0 saturated carbocycles. The van der Waals surface area contributed by atoms with Crippen molar-refractivity contribution in [3.63, 3.8) is 0 Å². The predicted octanol–water partition coefficient (Wildman–Crippen LogP) is 2.57. The number of nitrogens with zero attached hydrogens (tertiary/aromatic N) is 2. The Labute approximate surface area is 107 Å². The van der Waals surface area contributed by atoms with Crippen LogP contribution in [-0.2, 0) is 7.05 Å². The minimum atomic E-state index is -0.169. The van der Waals surface area contributed by atoms with Crippen molar-refractivity contribution in [3.05, 3.63) is 53.1 Å². The molecule has 1 unspecified atom stereocenters. The van der Waals surface area contributed by atoms with Crippen LogP contribution in [-0.4, -0.2) is 16.3 Å². The molecule has 1 atom stereocenters. The first-order valence-corrected chi connectivity index (χ1v) is 6.10. The van der Waals surface area contributed by atoms with E-state index in [0.717, 1.165) is 17.8 Å². The smallest absolute Gasteiger partial charge is 0.126 e. The van der Waals surface area contributed by atoms with Gasteiger partial charge in [0.1, 0.15) is 5.82 Å². The summed E-state index contributed by atoms with van der Waals surface area (Å²) >= 11 is 0. The van der Waals surface area contributed by atoms with Crippen LogP contribution in [0.25, 0.3) is 0 Å². The Hall–Kier alpha value is -1.68. The summed E-state index contributed by atoms with van der Waals surface area (Å²) in [7, 11) is 1.89. The van der Waals surface area contributed by atoms with Gasteiger partial charge in [-0.3, -0.25) is 4.68 Å². The van der Waals surface area contributed by atoms with Crippen LogP contribution in [0, 0.1) is 12.7 Å². The Morgan fingerprint density at radius 3 is 2.72 bits per heavy atom. The Balaban J connectivity index is 2.41. The molecule has 3 nitrogen and oxygen atoms in total.